The van der Waals surface area contributed by atoms with Gasteiger partial charge in [-0.05, 0) is 112 Å². The molecule has 74 heavy (non-hydrogen) atoms. The Bertz CT molecular complexity index is 2880. The van der Waals surface area contributed by atoms with Crippen LogP contribution in [0.25, 0.3) is 0 Å². The minimum Gasteiger partial charge on any atom is -0.468 e. The topological polar surface area (TPSA) is 137 Å². The lowest BCUT2D eigenvalue weighted by Crippen LogP contribution is -2.49. The lowest BCUT2D eigenvalue weighted by Gasteiger charge is -2.26. The number of ketones is 1. The van der Waals surface area contributed by atoms with Gasteiger partial charge in [0.15, 0.2) is 5.78 Å². The summed E-state index contributed by atoms with van der Waals surface area (Å²) in [6.07, 6.45) is 0. The van der Waals surface area contributed by atoms with Crippen molar-refractivity contribution < 1.29 is 14.3 Å². The van der Waals surface area contributed by atoms with Crippen molar-refractivity contribution in [2.24, 2.45) is 37.8 Å². The van der Waals surface area contributed by atoms with Crippen LogP contribution in [-0.2, 0) is 27.4 Å². The van der Waals surface area contributed by atoms with Crippen molar-refractivity contribution in [2.45, 2.75) is 71.6 Å². The zero-order valence-corrected chi connectivity index (χ0v) is 46.0. The largest absolute Gasteiger partial charge is 0.468 e. The number of methoxy groups -OCH3 is 1. The summed E-state index contributed by atoms with van der Waals surface area (Å²) < 4.78 is 4.41. The van der Waals surface area contributed by atoms with Crippen LogP contribution in [0.3, 0.4) is 0 Å². The number of rotatable bonds is 13. The predicted octanol–water partition coefficient (Wildman–Crippen LogP) is 13.3. The van der Waals surface area contributed by atoms with E-state index in [0.717, 1.165) is 39.2 Å². The third-order valence-electron chi connectivity index (χ3n) is 12.2. The molecule has 0 aromatic heterocycles. The highest BCUT2D eigenvalue weighted by molar-refractivity contribution is 6.64. The first-order valence-electron chi connectivity index (χ1n) is 24.2. The summed E-state index contributed by atoms with van der Waals surface area (Å²) in [7, 11) is 1.34. The van der Waals surface area contributed by atoms with Gasteiger partial charge in [0.25, 0.3) is 0 Å². The van der Waals surface area contributed by atoms with Crippen molar-refractivity contribution in [1.82, 2.24) is 15.3 Å². The van der Waals surface area contributed by atoms with Crippen LogP contribution in [0.5, 0.6) is 0 Å². The Morgan fingerprint density at radius 3 is 1.38 bits per heavy atom. The monoisotopic (exact) mass is 1090 g/mol. The fraction of sp³-hybridized carbons (Fsp3) is 0.276. The Morgan fingerprint density at radius 2 is 1.00 bits per heavy atom. The Labute approximate surface area is 460 Å². The molecule has 6 aromatic rings. The number of halogens is 5. The summed E-state index contributed by atoms with van der Waals surface area (Å²) in [6, 6.07) is 50.4. The van der Waals surface area contributed by atoms with E-state index in [0.29, 0.717) is 57.5 Å². The number of benzene rings is 6. The number of hydrazone groups is 2. The number of nitrogens with two attached hydrogens (primary N) is 1. The first-order valence-corrected chi connectivity index (χ1v) is 26.1. The van der Waals surface area contributed by atoms with Crippen LogP contribution in [0.15, 0.2) is 178 Å². The van der Waals surface area contributed by atoms with Gasteiger partial charge in [0.2, 0.25) is 11.3 Å². The first kappa shape index (κ1) is 57.2. The van der Waals surface area contributed by atoms with Crippen LogP contribution in [0.2, 0.25) is 20.1 Å². The van der Waals surface area contributed by atoms with Gasteiger partial charge in [-0.15, -0.1) is 0 Å². The highest BCUT2D eigenvalue weighted by Gasteiger charge is 2.34. The van der Waals surface area contributed by atoms with Crippen LogP contribution in [0.1, 0.15) is 79.8 Å². The van der Waals surface area contributed by atoms with Crippen LogP contribution in [-0.4, -0.2) is 76.7 Å². The number of carbonyl (C=O) groups excluding carboxylic acids is 2. The molecule has 0 amide bonds. The van der Waals surface area contributed by atoms with Gasteiger partial charge in [-0.25, -0.2) is 15.0 Å². The van der Waals surface area contributed by atoms with Crippen LogP contribution in [0.4, 0.5) is 0 Å². The van der Waals surface area contributed by atoms with E-state index in [9.17, 15) is 9.59 Å². The van der Waals surface area contributed by atoms with E-state index < -0.39 is 6.04 Å². The fourth-order valence-electron chi connectivity index (χ4n) is 7.98. The molecule has 0 radical (unpaired) electrons. The van der Waals surface area contributed by atoms with E-state index in [-0.39, 0.29) is 41.5 Å². The van der Waals surface area contributed by atoms with Crippen molar-refractivity contribution in [3.63, 3.8) is 0 Å². The summed E-state index contributed by atoms with van der Waals surface area (Å²) in [5.74, 6) is 0.660. The number of carbonyl (C=O) groups is 2. The Balaban J connectivity index is 0.000000210. The minimum absolute atomic E-state index is 0.0322. The zero-order valence-electron chi connectivity index (χ0n) is 42.2. The molecule has 0 fully saturated rings. The lowest BCUT2D eigenvalue weighted by molar-refractivity contribution is -0.143. The molecule has 386 valence electrons. The molecule has 2 aliphatic rings. The number of guanidine groups is 1. The summed E-state index contributed by atoms with van der Waals surface area (Å²) in [6.45, 7) is 11.5. The highest BCUT2D eigenvalue weighted by Crippen LogP contribution is 2.32. The van der Waals surface area contributed by atoms with E-state index in [1.807, 2.05) is 166 Å². The number of nitrogens with zero attached hydrogens (tertiary/aromatic N) is 6. The summed E-state index contributed by atoms with van der Waals surface area (Å²) in [5, 5.41) is 20.0. The molecule has 16 heteroatoms. The molecule has 6 aromatic carbocycles. The average molecular weight is 1100 g/mol. The second-order valence-corrected chi connectivity index (χ2v) is 20.4. The summed E-state index contributed by atoms with van der Waals surface area (Å²) >= 11 is 30.7. The van der Waals surface area contributed by atoms with Gasteiger partial charge >= 0.3 is 5.97 Å². The Hall–Kier alpha value is -6.05. The van der Waals surface area contributed by atoms with Crippen LogP contribution >= 0.6 is 58.0 Å². The third kappa shape index (κ3) is 16.5. The van der Waals surface area contributed by atoms with Crippen molar-refractivity contribution in [2.75, 3.05) is 20.2 Å². The Kier molecular flexibility index (Phi) is 21.7. The zero-order chi connectivity index (χ0) is 53.3. The van der Waals surface area contributed by atoms with Crippen molar-refractivity contribution in [3.05, 3.63) is 211 Å². The summed E-state index contributed by atoms with van der Waals surface area (Å²) in [4.78, 5) is 32.5. The molecule has 0 saturated heterocycles. The molecule has 4 unspecified atom stereocenters. The maximum absolute atomic E-state index is 12.5. The fourth-order valence-corrected chi connectivity index (χ4v) is 8.65. The number of aliphatic imine (C=N–C) groups is 2. The number of esters is 1. The molecule has 0 spiro atoms. The molecule has 3 N–H and O–H groups in total. The summed E-state index contributed by atoms with van der Waals surface area (Å²) in [5.41, 5.74) is 13.7. The number of hydrogen-bond donors (Lipinski definition) is 2. The maximum atomic E-state index is 12.5. The van der Waals surface area contributed by atoms with E-state index in [4.69, 9.17) is 78.9 Å². The maximum Gasteiger partial charge on any atom is 0.322 e. The van der Waals surface area contributed by atoms with E-state index in [1.54, 1.807) is 11.9 Å². The van der Waals surface area contributed by atoms with E-state index in [2.05, 4.69) is 39.3 Å². The first-order chi connectivity index (χ1) is 35.5. The smallest absolute Gasteiger partial charge is 0.322 e. The molecule has 2 heterocycles. The molecular weight excluding hydrogens is 1030 g/mol. The Morgan fingerprint density at radius 1 is 0.608 bits per heavy atom. The van der Waals surface area contributed by atoms with Gasteiger partial charge < -0.3 is 15.8 Å². The van der Waals surface area contributed by atoms with Gasteiger partial charge in [-0.3, -0.25) is 14.6 Å². The molecule has 2 aliphatic heterocycles. The van der Waals surface area contributed by atoms with Gasteiger partial charge in [0.05, 0.1) is 50.8 Å². The number of Topliss-reactive ketones (excluding diaryl/α,β-unsaturated/α-hetero) is 1. The van der Waals surface area contributed by atoms with Crippen LogP contribution < -0.4 is 11.1 Å². The second-order valence-electron chi connectivity index (χ2n) is 18.3. The highest BCUT2D eigenvalue weighted by atomic mass is 35.5. The lowest BCUT2D eigenvalue weighted by atomic mass is 9.91. The standard InChI is InChI=1S/C29H30Cl2N4O.C23H18Cl3N3.C6H13NO2/c1-19(2)27(20(3)36)33-29(32-17-21-9-13-24(30)14-10-21)35-18-26(22-7-5-4-6-8-22)28(34-35)23-11-15-25(31)16-12-23;24-19-10-6-16(7-11-19)14-27-23(26)29-15-21(17-4-2-1-3-5-17)22(28-29)18-8-12-20(25)13-9-18;1-4(2)5(7)6(8)9-3/h4-16,19,26-27H,17-18H2,1-3H3,(H,32,33);1-13,21H,14-15H2;4-5H,7H2,1-3H3. The second kappa shape index (κ2) is 28.0. The SMILES string of the molecule is CC(=O)C(NC(=NCc1ccc(Cl)cc1)N1CC(c2ccccc2)C(c2ccc(Cl)cc2)=N1)C(C)C.COC(=O)C(N)C(C)C.ClC(=NCc1ccc(Cl)cc1)N1CC(c2ccccc2)C(c2ccc(Cl)cc2)=N1. The molecular formula is C58H61Cl5N8O3. The molecule has 8 rings (SSSR count). The average Bonchev–Trinajstić information content (AvgIpc) is 4.06. The molecule has 0 saturated carbocycles. The normalized spacial score (nSPS) is 16.4. The molecule has 11 nitrogen and oxygen atoms in total. The molecule has 4 atom stereocenters. The van der Waals surface area contributed by atoms with Crippen molar-refractivity contribution in [1.29, 1.82) is 0 Å². The number of amidine groups is 1. The number of ether oxygens (including phenoxy) is 1. The van der Waals surface area contributed by atoms with Gasteiger partial charge in [-0.2, -0.15) is 10.2 Å². The van der Waals surface area contributed by atoms with Crippen molar-refractivity contribution in [3.8, 4) is 0 Å². The van der Waals surface area contributed by atoms with Crippen LogP contribution in [0, 0.1) is 11.8 Å². The van der Waals surface area contributed by atoms with E-state index in [1.165, 1.54) is 12.7 Å². The predicted molar refractivity (Wildman–Crippen MR) is 306 cm³/mol. The molecule has 0 aliphatic carbocycles. The van der Waals surface area contributed by atoms with Gasteiger partial charge in [0.1, 0.15) is 6.04 Å². The van der Waals surface area contributed by atoms with Crippen molar-refractivity contribution >= 4 is 92.4 Å². The number of nitrogens with one attached hydrogen (secondary N) is 1. The number of hydrogen-bond acceptors (Lipinski definition) is 8. The van der Waals surface area contributed by atoms with Gasteiger partial charge in [-0.1, -0.05) is 183 Å². The molecule has 0 bridgehead atoms. The minimum atomic E-state index is -0.477. The third-order valence-corrected chi connectivity index (χ3v) is 13.5. The van der Waals surface area contributed by atoms with E-state index >= 15 is 0 Å². The van der Waals surface area contributed by atoms with Gasteiger partial charge in [0, 0.05) is 31.9 Å². The quantitative estimate of drug-likeness (QED) is 0.0508.